The molecule has 0 radical (unpaired) electrons. The van der Waals surface area contributed by atoms with Gasteiger partial charge >= 0.3 is 36.3 Å². The number of allylic oxidation sites excluding steroid dienone is 6. The van der Waals surface area contributed by atoms with E-state index in [9.17, 15) is 101 Å². The van der Waals surface area contributed by atoms with E-state index in [2.05, 4.69) is 76.6 Å². The molecule has 0 aliphatic carbocycles. The number of phenols is 1. The summed E-state index contributed by atoms with van der Waals surface area (Å²) in [5, 5.41) is 52.9. The number of halogens is 6. The number of fused-ring (bicyclic) bond motifs is 2. The molecule has 724 valence electrons. The number of para-hydroxylation sites is 1. The van der Waals surface area contributed by atoms with Crippen LogP contribution in [0.3, 0.4) is 0 Å². The van der Waals surface area contributed by atoms with Crippen molar-refractivity contribution in [3.63, 3.8) is 0 Å². The Morgan fingerprint density at radius 2 is 1.30 bits per heavy atom. The highest BCUT2D eigenvalue weighted by atomic mass is 32.2. The Balaban J connectivity index is 0.00000232. The molecule has 6 rings (SSSR count). The molecule has 130 heavy (non-hydrogen) atoms. The van der Waals surface area contributed by atoms with Gasteiger partial charge in [0.1, 0.15) is 42.5 Å². The van der Waals surface area contributed by atoms with E-state index in [1.54, 1.807) is 32.0 Å². The Labute approximate surface area is 750 Å². The highest BCUT2D eigenvalue weighted by molar-refractivity contribution is 7.86. The Hall–Kier alpha value is -11.3. The number of carbonyl (C=O) groups is 10. The second-order valence-electron chi connectivity index (χ2n) is 32.3. The fourth-order valence-corrected chi connectivity index (χ4v) is 15.2. The van der Waals surface area contributed by atoms with E-state index in [0.29, 0.717) is 63.6 Å². The number of rotatable bonds is 48. The quantitative estimate of drug-likeness (QED) is 0.00654. The summed E-state index contributed by atoms with van der Waals surface area (Å²) in [4.78, 5) is 138. The van der Waals surface area contributed by atoms with Crippen molar-refractivity contribution < 1.29 is 135 Å². The van der Waals surface area contributed by atoms with Crippen molar-refractivity contribution in [2.45, 2.75) is 216 Å². The number of likely N-dealkylation sites (tertiary alicyclic amines) is 1. The van der Waals surface area contributed by atoms with Gasteiger partial charge in [-0.25, -0.2) is 27.6 Å². The number of aliphatic carboxylic acids is 3. The lowest BCUT2D eigenvalue weighted by Crippen LogP contribution is -2.60. The van der Waals surface area contributed by atoms with E-state index in [1.807, 2.05) is 76.3 Å². The van der Waals surface area contributed by atoms with Crippen LogP contribution < -0.4 is 65.1 Å². The number of aromatic hydroxyl groups is 1. The number of phenolic OH excluding ortho intramolecular Hbond substituents is 1. The number of carbonyl (C=O) groups excluding carboxylic acids is 7. The lowest BCUT2D eigenvalue weighted by atomic mass is 9.81. The molecule has 46 heteroatoms. The normalized spacial score (nSPS) is 16.5. The number of unbranched alkanes of at least 4 members (excludes halogenated alkanes) is 3. The number of amides is 8. The number of hydrogen-bond acceptors (Lipinski definition) is 22. The standard InChI is InChI=1S/C80H120N16O18S2.2C2HF3O2/c1-9-53(4)69(73(102)91-62(75(104)105)49-52(2)3)92-71(100)61(50-54-31-33-55(97)34-32-54)90-72(101)65-27-22-43-96(65)74(103)60(89-70(99)59(81)24-20-37-86-76(82)83)25-21-38-87-77(84)93-78(106)88-40-45-114-47-46-113-44-39-85-68(98)30-14-11-17-41-95-64-36-35-56(116(110,111)112)51-58(64)80(7,8)67(95)29-13-10-12-28-66-79(5,6)57-23-15-16-26-63(57)94(66)42-18-19-48-115(107,108)109;2*3-2(4,5)1(6)7/h10,12-13,15-16,23,26,28-29,31-36,51-53,59-62,65,69H,9,11,14,17-22,24-25,27,30,37-50,81H2,1-8H3,(H16-,82,83,84,85,86,87,88,89,90,91,92,93,97,98,99,100,101,102,104,105,106,107,108,109,110,111,112);2*(H,6,7)/t53-,59-,60-,61-,62-,65-,69-;;/m0../s1. The summed E-state index contributed by atoms with van der Waals surface area (Å²) in [5.41, 5.74) is 28.3. The monoisotopic (exact) mass is 1880 g/mol. The lowest BCUT2D eigenvalue weighted by molar-refractivity contribution is -0.438. The van der Waals surface area contributed by atoms with Gasteiger partial charge in [-0.05, 0) is 137 Å². The number of carboxylic acid groups (broad SMARTS) is 3. The summed E-state index contributed by atoms with van der Waals surface area (Å²) < 4.78 is 145. The minimum Gasteiger partial charge on any atom is -0.748 e. The summed E-state index contributed by atoms with van der Waals surface area (Å²) in [5.74, 6) is -11.8. The Morgan fingerprint density at radius 1 is 0.692 bits per heavy atom. The van der Waals surface area contributed by atoms with Crippen molar-refractivity contribution in [1.29, 1.82) is 0 Å². The number of alkyl halides is 6. The summed E-state index contributed by atoms with van der Waals surface area (Å²) in [7, 11) is -8.81. The summed E-state index contributed by atoms with van der Waals surface area (Å²) in [6, 6.07) is 10.7. The van der Waals surface area contributed by atoms with Gasteiger partial charge < -0.3 is 99.1 Å². The maximum absolute atomic E-state index is 14.6. The molecule has 3 heterocycles. The molecule has 3 aliphatic heterocycles. The number of guanidine groups is 2. The van der Waals surface area contributed by atoms with Crippen LogP contribution in [-0.4, -0.2) is 259 Å². The van der Waals surface area contributed by atoms with Gasteiger partial charge in [0.25, 0.3) is 10.1 Å². The van der Waals surface area contributed by atoms with E-state index < -0.39 is 139 Å². The van der Waals surface area contributed by atoms with E-state index in [-0.39, 0.29) is 150 Å². The molecular weight excluding hydrogens is 1760 g/mol. The molecule has 3 aromatic carbocycles. The van der Waals surface area contributed by atoms with Gasteiger partial charge in [0, 0.05) is 98.8 Å². The van der Waals surface area contributed by atoms with Crippen LogP contribution in [0.15, 0.2) is 118 Å². The molecule has 0 bridgehead atoms. The molecule has 0 spiro atoms. The first-order valence-electron chi connectivity index (χ1n) is 42.1. The number of hydrogen-bond donors (Lipinski definition) is 16. The van der Waals surface area contributed by atoms with E-state index in [1.165, 1.54) is 29.2 Å². The van der Waals surface area contributed by atoms with Gasteiger partial charge in [-0.3, -0.25) is 48.6 Å². The van der Waals surface area contributed by atoms with E-state index in [4.69, 9.17) is 52.2 Å². The van der Waals surface area contributed by atoms with Gasteiger partial charge in [-0.1, -0.05) is 103 Å². The van der Waals surface area contributed by atoms with Gasteiger partial charge in [-0.15, -0.1) is 0 Å². The summed E-state index contributed by atoms with van der Waals surface area (Å²) in [6.07, 6.45) is 4.24. The van der Waals surface area contributed by atoms with Crippen LogP contribution in [-0.2, 0) is 90.1 Å². The molecule has 7 atom stereocenters. The maximum atomic E-state index is 14.6. The summed E-state index contributed by atoms with van der Waals surface area (Å²) in [6.45, 7) is 17.8. The average molecular weight is 1890 g/mol. The lowest BCUT2D eigenvalue weighted by Gasteiger charge is -2.31. The molecule has 8 amide bonds. The Bertz CT molecular complexity index is 4750. The molecule has 38 nitrogen and oxygen atoms in total. The van der Waals surface area contributed by atoms with Gasteiger partial charge in [0.2, 0.25) is 41.1 Å². The number of ether oxygens (including phenoxy) is 2. The molecule has 3 aliphatic rings. The topological polar surface area (TPSA) is 604 Å². The van der Waals surface area contributed by atoms with Gasteiger partial charge in [0.15, 0.2) is 17.6 Å². The number of aliphatic imine (C=N–C) groups is 2. The molecule has 1 fully saturated rings. The van der Waals surface area contributed by atoms with Crippen molar-refractivity contribution >= 4 is 109 Å². The minimum absolute atomic E-state index is 0.0253. The van der Waals surface area contributed by atoms with Crippen LogP contribution in [0.1, 0.15) is 162 Å². The zero-order chi connectivity index (χ0) is 97.7. The SMILES string of the molecule is CC[C@H](C)[C@H](NC(=O)[C@H](Cc1ccc(O)cc1)NC(=O)[C@@H]1CCCN1C(=O)[C@H](CCCN=C(N)NC(=O)NCCOCCOCCNC(=O)CCCCCN1/C(=C/C=C/C=C/C2=[N+](CCCCS(=O)(=O)[O-])c3ccccc3C2(C)C)C(C)(C)c2cc(S(=O)(=O)O)ccc21)NC(=O)[C@@H](N)CCCN=C(N)N)C(=O)N[C@@H](CC(C)C)C(=O)O.O=C(O)C(F)(F)F.O=C(O)C(F)(F)F. The molecule has 0 saturated carbocycles. The third kappa shape index (κ3) is 37.6. The van der Waals surface area contributed by atoms with Crippen LogP contribution in [0.25, 0.3) is 0 Å². The van der Waals surface area contributed by atoms with Crippen molar-refractivity contribution in [2.24, 2.45) is 44.8 Å². The van der Waals surface area contributed by atoms with Crippen LogP contribution in [0.2, 0.25) is 0 Å². The van der Waals surface area contributed by atoms with Gasteiger partial charge in [-0.2, -0.15) is 39.3 Å². The molecule has 20 N–H and O–H groups in total. The number of benzene rings is 3. The van der Waals surface area contributed by atoms with Crippen molar-refractivity contribution in [3.05, 3.63) is 119 Å². The number of nitrogens with zero attached hydrogens (tertiary/aromatic N) is 5. The van der Waals surface area contributed by atoms with E-state index >= 15 is 0 Å². The first-order valence-corrected chi connectivity index (χ1v) is 45.1. The second kappa shape index (κ2) is 52.5. The highest BCUT2D eigenvalue weighted by Crippen LogP contribution is 2.49. The first kappa shape index (κ1) is 111. The van der Waals surface area contributed by atoms with Crippen molar-refractivity contribution in [3.8, 4) is 5.75 Å². The number of urea groups is 1. The predicted molar refractivity (Wildman–Crippen MR) is 468 cm³/mol. The largest absolute Gasteiger partial charge is 0.748 e. The number of nitrogens with one attached hydrogen (secondary N) is 7. The van der Waals surface area contributed by atoms with Crippen LogP contribution in [0.5, 0.6) is 5.75 Å². The molecular formula is C84H122F6N16O22S2. The third-order valence-electron chi connectivity index (χ3n) is 21.0. The number of nitrogens with two attached hydrogens (primary N) is 4. The van der Waals surface area contributed by atoms with Gasteiger partial charge in [0.05, 0.1) is 52.9 Å². The fraction of sp³-hybridized carbons (Fsp3) is 0.560. The second-order valence-corrected chi connectivity index (χ2v) is 35.2. The predicted octanol–water partition coefficient (Wildman–Crippen LogP) is 5.24. The minimum atomic E-state index is -5.08. The maximum Gasteiger partial charge on any atom is 0.490 e. The Kier molecular flexibility index (Phi) is 44.8. The zero-order valence-corrected chi connectivity index (χ0v) is 75.4. The van der Waals surface area contributed by atoms with Crippen LogP contribution in [0.4, 0.5) is 42.5 Å². The Morgan fingerprint density at radius 3 is 1.89 bits per heavy atom. The molecule has 0 aromatic heterocycles. The van der Waals surface area contributed by atoms with Crippen molar-refractivity contribution in [2.75, 3.05) is 82.9 Å². The molecule has 0 unspecified atom stereocenters. The summed E-state index contributed by atoms with van der Waals surface area (Å²) >= 11 is 0. The molecule has 1 saturated heterocycles. The van der Waals surface area contributed by atoms with Crippen LogP contribution in [0, 0.1) is 11.8 Å². The smallest absolute Gasteiger partial charge is 0.490 e. The average Bonchev–Trinajstić information content (AvgIpc) is 1.59. The first-order chi connectivity index (χ1) is 60.7. The fourth-order valence-electron chi connectivity index (χ4n) is 14.1. The molecule has 3 aromatic rings. The van der Waals surface area contributed by atoms with Crippen LogP contribution >= 0.6 is 0 Å². The zero-order valence-electron chi connectivity index (χ0n) is 73.8. The third-order valence-corrected chi connectivity index (χ3v) is 22.7. The van der Waals surface area contributed by atoms with Crippen molar-refractivity contribution in [1.82, 2.24) is 42.1 Å². The highest BCUT2D eigenvalue weighted by Gasteiger charge is 2.46. The number of carboxylic acids is 3. The number of anilines is 1. The van der Waals surface area contributed by atoms with E-state index in [0.717, 1.165) is 33.9 Å².